The van der Waals surface area contributed by atoms with Crippen LogP contribution in [0.1, 0.15) is 6.42 Å². The van der Waals surface area contributed by atoms with Crippen LogP contribution < -0.4 is 8.70 Å². The van der Waals surface area contributed by atoms with E-state index in [1.165, 1.54) is 16.8 Å². The molecule has 0 aromatic heterocycles. The predicted molar refractivity (Wildman–Crippen MR) is 73.5 cm³/mol. The quantitative estimate of drug-likeness (QED) is 0.736. The molecule has 16 heavy (non-hydrogen) atoms. The van der Waals surface area contributed by atoms with Gasteiger partial charge in [0.2, 0.25) is 0 Å². The molecule has 0 atom stereocenters. The molecule has 1 fully saturated rings. The summed E-state index contributed by atoms with van der Waals surface area (Å²) >= 11 is -1.86. The van der Waals surface area contributed by atoms with Gasteiger partial charge >= 0.3 is 99.8 Å². The van der Waals surface area contributed by atoms with Gasteiger partial charge in [0, 0.05) is 0 Å². The second kappa shape index (κ2) is 4.11. The van der Waals surface area contributed by atoms with Crippen molar-refractivity contribution in [1.82, 2.24) is 0 Å². The Morgan fingerprint density at radius 1 is 0.625 bits per heavy atom. The van der Waals surface area contributed by atoms with Gasteiger partial charge in [-0.3, -0.25) is 0 Å². The van der Waals surface area contributed by atoms with Crippen molar-refractivity contribution in [2.75, 3.05) is 0 Å². The Labute approximate surface area is 99.8 Å². The van der Waals surface area contributed by atoms with Gasteiger partial charge in [0.25, 0.3) is 0 Å². The molecule has 0 unspecified atom stereocenters. The molecule has 1 aliphatic rings. The second-order valence-electron chi connectivity index (χ2n) is 4.67. The first kappa shape index (κ1) is 10.2. The van der Waals surface area contributed by atoms with Gasteiger partial charge in [0.15, 0.2) is 0 Å². The Balaban J connectivity index is 2.08. The normalized spacial score (nSPS) is 19.8. The van der Waals surface area contributed by atoms with Crippen LogP contribution in [0.2, 0.25) is 10.4 Å². The van der Waals surface area contributed by atoms with Crippen LogP contribution in [0, 0.1) is 0 Å². The van der Waals surface area contributed by atoms with Gasteiger partial charge in [-0.25, -0.2) is 0 Å². The van der Waals surface area contributed by atoms with Gasteiger partial charge in [-0.2, -0.15) is 0 Å². The zero-order valence-electron chi connectivity index (χ0n) is 9.39. The van der Waals surface area contributed by atoms with Gasteiger partial charge in [-0.1, -0.05) is 0 Å². The van der Waals surface area contributed by atoms with Crippen molar-refractivity contribution >= 4 is 22.3 Å². The van der Waals surface area contributed by atoms with Crippen LogP contribution in [0.15, 0.2) is 60.7 Å². The van der Waals surface area contributed by atoms with Crippen molar-refractivity contribution in [2.24, 2.45) is 0 Å². The van der Waals surface area contributed by atoms with Crippen LogP contribution in [0.25, 0.3) is 0 Å². The fraction of sp³-hybridized carbons (Fsp3) is 0.200. The van der Waals surface area contributed by atoms with Crippen molar-refractivity contribution in [2.45, 2.75) is 16.8 Å². The summed E-state index contributed by atoms with van der Waals surface area (Å²) in [4.78, 5) is 0. The summed E-state index contributed by atoms with van der Waals surface area (Å²) in [6, 6.07) is 22.5. The zero-order valence-corrected chi connectivity index (χ0v) is 11.5. The van der Waals surface area contributed by atoms with E-state index in [2.05, 4.69) is 60.7 Å². The predicted octanol–water partition coefficient (Wildman–Crippen LogP) is 2.39. The maximum atomic E-state index is 2.35. The molecule has 0 nitrogen and oxygen atoms in total. The van der Waals surface area contributed by atoms with Crippen LogP contribution in [0.3, 0.4) is 0 Å². The number of hydrogen-bond acceptors (Lipinski definition) is 0. The Hall–Kier alpha value is -1.00. The number of rotatable bonds is 2. The standard InChI is InChI=1S/C15H17As/c1-3-8-14(9-4-1)16(12-7-13-16)15-10-5-2-6-11-15/h1-6,8-11,16H,7,12-13H2. The maximum absolute atomic E-state index is 2.35. The third kappa shape index (κ3) is 1.53. The molecule has 0 amide bonds. The molecule has 1 heterocycles. The summed E-state index contributed by atoms with van der Waals surface area (Å²) < 4.78 is 3.33. The molecule has 1 heteroatoms. The summed E-state index contributed by atoms with van der Waals surface area (Å²) in [7, 11) is 0. The molecule has 2 aromatic rings. The zero-order chi connectivity index (χ0) is 10.8. The molecule has 82 valence electrons. The minimum absolute atomic E-state index is 1.43. The molecule has 1 aliphatic heterocycles. The average Bonchev–Trinajstić information content (AvgIpc) is 2.31. The Kier molecular flexibility index (Phi) is 2.61. The van der Waals surface area contributed by atoms with Crippen molar-refractivity contribution in [3.8, 4) is 0 Å². The molecule has 0 aliphatic carbocycles. The average molecular weight is 272 g/mol. The summed E-state index contributed by atoms with van der Waals surface area (Å²) in [6.07, 6.45) is 1.43. The molecule has 0 N–H and O–H groups in total. The first-order valence-electron chi connectivity index (χ1n) is 6.03. The van der Waals surface area contributed by atoms with E-state index in [1.807, 2.05) is 0 Å². The molecule has 3 rings (SSSR count). The van der Waals surface area contributed by atoms with Crippen LogP contribution in [-0.2, 0) is 0 Å². The van der Waals surface area contributed by atoms with E-state index in [0.29, 0.717) is 0 Å². The van der Waals surface area contributed by atoms with E-state index < -0.39 is 13.6 Å². The molecular weight excluding hydrogens is 255 g/mol. The van der Waals surface area contributed by atoms with Gasteiger partial charge in [-0.15, -0.1) is 0 Å². The Morgan fingerprint density at radius 2 is 1.06 bits per heavy atom. The van der Waals surface area contributed by atoms with E-state index in [1.54, 1.807) is 8.70 Å². The van der Waals surface area contributed by atoms with Crippen molar-refractivity contribution in [1.29, 1.82) is 0 Å². The monoisotopic (exact) mass is 272 g/mol. The summed E-state index contributed by atoms with van der Waals surface area (Å²) in [5, 5.41) is 2.96. The molecule has 0 spiro atoms. The fourth-order valence-corrected chi connectivity index (χ4v) is 11.6. The number of hydrogen-bond donors (Lipinski definition) is 0. The topological polar surface area (TPSA) is 0 Å². The van der Waals surface area contributed by atoms with Crippen LogP contribution in [0.4, 0.5) is 0 Å². The summed E-state index contributed by atoms with van der Waals surface area (Å²) in [5.41, 5.74) is 0. The van der Waals surface area contributed by atoms with E-state index in [9.17, 15) is 0 Å². The number of benzene rings is 2. The van der Waals surface area contributed by atoms with Gasteiger partial charge in [0.05, 0.1) is 0 Å². The first-order valence-corrected chi connectivity index (χ1v) is 11.1. The van der Waals surface area contributed by atoms with E-state index in [-0.39, 0.29) is 0 Å². The summed E-state index contributed by atoms with van der Waals surface area (Å²) in [5.74, 6) is 0. The molecule has 2 aromatic carbocycles. The third-order valence-corrected chi connectivity index (χ3v) is 15.0. The minimum atomic E-state index is -1.86. The van der Waals surface area contributed by atoms with E-state index in [0.717, 1.165) is 0 Å². The van der Waals surface area contributed by atoms with Crippen molar-refractivity contribution < 1.29 is 0 Å². The summed E-state index contributed by atoms with van der Waals surface area (Å²) in [6.45, 7) is 0. The molecular formula is C15H17As. The molecule has 0 saturated carbocycles. The second-order valence-corrected chi connectivity index (χ2v) is 13.7. The van der Waals surface area contributed by atoms with E-state index >= 15 is 0 Å². The molecule has 1 saturated heterocycles. The Bertz CT molecular complexity index is 416. The van der Waals surface area contributed by atoms with Crippen molar-refractivity contribution in [3.63, 3.8) is 0 Å². The van der Waals surface area contributed by atoms with Gasteiger partial charge in [-0.05, 0) is 0 Å². The van der Waals surface area contributed by atoms with Gasteiger partial charge in [0.1, 0.15) is 0 Å². The van der Waals surface area contributed by atoms with Crippen LogP contribution >= 0.6 is 0 Å². The van der Waals surface area contributed by atoms with E-state index in [4.69, 9.17) is 0 Å². The first-order chi connectivity index (χ1) is 7.92. The van der Waals surface area contributed by atoms with Gasteiger partial charge < -0.3 is 0 Å². The Morgan fingerprint density at radius 3 is 1.38 bits per heavy atom. The third-order valence-electron chi connectivity index (χ3n) is 3.86. The molecule has 0 radical (unpaired) electrons. The van der Waals surface area contributed by atoms with Crippen LogP contribution in [-0.4, -0.2) is 13.6 Å². The fourth-order valence-electron chi connectivity index (χ4n) is 2.79. The van der Waals surface area contributed by atoms with Crippen LogP contribution in [0.5, 0.6) is 0 Å². The van der Waals surface area contributed by atoms with Crippen molar-refractivity contribution in [3.05, 3.63) is 60.7 Å². The molecule has 0 bridgehead atoms. The SMILES string of the molecule is c1ccc([AsH]2(c3ccccc3)CCC2)cc1.